The molecule has 3 unspecified atom stereocenters. The van der Waals surface area contributed by atoms with Gasteiger partial charge in [0.2, 0.25) is 5.91 Å². The van der Waals surface area contributed by atoms with E-state index >= 15 is 0 Å². The van der Waals surface area contributed by atoms with Crippen molar-refractivity contribution in [2.24, 2.45) is 17.6 Å². The van der Waals surface area contributed by atoms with Crippen LogP contribution in [0.4, 0.5) is 5.69 Å². The number of carbonyl (C=O) groups is 2. The first-order valence-corrected chi connectivity index (χ1v) is 7.43. The zero-order valence-electron chi connectivity index (χ0n) is 12.1. The van der Waals surface area contributed by atoms with Gasteiger partial charge in [0.15, 0.2) is 0 Å². The Morgan fingerprint density at radius 2 is 2.05 bits per heavy atom. The molecular weight excluding hydrogens is 268 g/mol. The summed E-state index contributed by atoms with van der Waals surface area (Å²) in [6.07, 6.45) is 2.34. The van der Waals surface area contributed by atoms with E-state index < -0.39 is 0 Å². The van der Waals surface area contributed by atoms with Crippen molar-refractivity contribution in [2.45, 2.75) is 32.2 Å². The van der Waals surface area contributed by atoms with Gasteiger partial charge in [0.1, 0.15) is 0 Å². The van der Waals surface area contributed by atoms with Gasteiger partial charge >= 0.3 is 5.97 Å². The van der Waals surface area contributed by atoms with Crippen molar-refractivity contribution in [1.82, 2.24) is 0 Å². The minimum Gasteiger partial charge on any atom is -0.466 e. The molecule has 0 spiro atoms. The molecule has 3 rings (SSSR count). The molecule has 112 valence electrons. The van der Waals surface area contributed by atoms with E-state index in [1.165, 1.54) is 11.1 Å². The van der Waals surface area contributed by atoms with E-state index in [4.69, 9.17) is 10.5 Å². The minimum atomic E-state index is -0.271. The van der Waals surface area contributed by atoms with Gasteiger partial charge in [0.05, 0.1) is 18.4 Å². The van der Waals surface area contributed by atoms with Crippen molar-refractivity contribution < 1.29 is 14.3 Å². The summed E-state index contributed by atoms with van der Waals surface area (Å²) in [6, 6.07) is 6.09. The number of fused-ring (bicyclic) bond motifs is 1. The summed E-state index contributed by atoms with van der Waals surface area (Å²) in [5, 5.41) is 2.89. The van der Waals surface area contributed by atoms with Crippen LogP contribution in [0.25, 0.3) is 0 Å². The molecule has 5 nitrogen and oxygen atoms in total. The van der Waals surface area contributed by atoms with Crippen molar-refractivity contribution in [3.05, 3.63) is 29.3 Å². The van der Waals surface area contributed by atoms with Gasteiger partial charge < -0.3 is 15.8 Å². The van der Waals surface area contributed by atoms with E-state index in [1.54, 1.807) is 6.92 Å². The van der Waals surface area contributed by atoms with Crippen LogP contribution in [0.2, 0.25) is 0 Å². The standard InChI is InChI=1S/C16H20N2O3/c1-2-21-16(20)14-8-13(14)15(19)18-12-4-3-9-5-11(17)6-10(9)7-12/h3-4,7,11,13-14H,2,5-6,8,17H2,1H3,(H,18,19). The molecule has 0 aromatic heterocycles. The lowest BCUT2D eigenvalue weighted by atomic mass is 10.1. The number of nitrogens with two attached hydrogens (primary N) is 1. The van der Waals surface area contributed by atoms with E-state index in [1.807, 2.05) is 18.2 Å². The number of ether oxygens (including phenoxy) is 1. The monoisotopic (exact) mass is 288 g/mol. The molecule has 1 aromatic rings. The first-order valence-electron chi connectivity index (χ1n) is 7.43. The van der Waals surface area contributed by atoms with E-state index in [0.29, 0.717) is 13.0 Å². The van der Waals surface area contributed by atoms with Crippen LogP contribution in [0, 0.1) is 11.8 Å². The van der Waals surface area contributed by atoms with Gasteiger partial charge in [-0.15, -0.1) is 0 Å². The molecule has 0 radical (unpaired) electrons. The summed E-state index contributed by atoms with van der Waals surface area (Å²) >= 11 is 0. The molecule has 2 aliphatic rings. The number of hydrogen-bond acceptors (Lipinski definition) is 4. The Balaban J connectivity index is 1.59. The summed E-state index contributed by atoms with van der Waals surface area (Å²) in [6.45, 7) is 2.12. The number of rotatable bonds is 4. The van der Waals surface area contributed by atoms with Crippen LogP contribution in [0.15, 0.2) is 18.2 Å². The highest BCUT2D eigenvalue weighted by Crippen LogP contribution is 2.40. The number of hydrogen-bond donors (Lipinski definition) is 2. The van der Waals surface area contributed by atoms with Gasteiger partial charge in [0.25, 0.3) is 0 Å². The molecule has 0 heterocycles. The highest BCUT2D eigenvalue weighted by atomic mass is 16.5. The molecule has 3 N–H and O–H groups in total. The van der Waals surface area contributed by atoms with Crippen LogP contribution >= 0.6 is 0 Å². The van der Waals surface area contributed by atoms with Crippen molar-refractivity contribution >= 4 is 17.6 Å². The fourth-order valence-corrected chi connectivity index (χ4v) is 2.96. The summed E-state index contributed by atoms with van der Waals surface area (Å²) in [7, 11) is 0. The minimum absolute atomic E-state index is 0.102. The smallest absolute Gasteiger partial charge is 0.309 e. The first-order chi connectivity index (χ1) is 10.1. The summed E-state index contributed by atoms with van der Waals surface area (Å²) < 4.78 is 4.94. The highest BCUT2D eigenvalue weighted by molar-refractivity contribution is 5.98. The molecule has 0 bridgehead atoms. The lowest BCUT2D eigenvalue weighted by Gasteiger charge is -2.07. The van der Waals surface area contributed by atoms with Crippen LogP contribution in [0.3, 0.4) is 0 Å². The quantitative estimate of drug-likeness (QED) is 0.817. The van der Waals surface area contributed by atoms with E-state index in [2.05, 4.69) is 5.32 Å². The van der Waals surface area contributed by atoms with Crippen LogP contribution in [-0.4, -0.2) is 24.5 Å². The van der Waals surface area contributed by atoms with Crippen LogP contribution in [-0.2, 0) is 27.2 Å². The predicted octanol–water partition coefficient (Wildman–Crippen LogP) is 1.25. The summed E-state index contributed by atoms with van der Waals surface area (Å²) in [5.74, 6) is -0.889. The maximum absolute atomic E-state index is 12.1. The number of anilines is 1. The maximum atomic E-state index is 12.1. The van der Waals surface area contributed by atoms with Gasteiger partial charge in [-0.1, -0.05) is 6.07 Å². The summed E-state index contributed by atoms with van der Waals surface area (Å²) in [4.78, 5) is 23.7. The third-order valence-corrected chi connectivity index (χ3v) is 4.15. The molecule has 1 aromatic carbocycles. The largest absolute Gasteiger partial charge is 0.466 e. The third kappa shape index (κ3) is 2.93. The van der Waals surface area contributed by atoms with Crippen molar-refractivity contribution in [3.8, 4) is 0 Å². The molecule has 0 aliphatic heterocycles. The number of carbonyl (C=O) groups excluding carboxylic acids is 2. The molecule has 1 saturated carbocycles. The predicted molar refractivity (Wildman–Crippen MR) is 78.7 cm³/mol. The SMILES string of the molecule is CCOC(=O)C1CC1C(=O)Nc1ccc2c(c1)CC(N)C2. The third-order valence-electron chi connectivity index (χ3n) is 4.15. The summed E-state index contributed by atoms with van der Waals surface area (Å²) in [5.41, 5.74) is 9.18. The highest BCUT2D eigenvalue weighted by Gasteiger charge is 2.49. The number of benzene rings is 1. The molecule has 1 amide bonds. The Morgan fingerprint density at radius 3 is 2.81 bits per heavy atom. The van der Waals surface area contributed by atoms with Gasteiger partial charge in [-0.3, -0.25) is 9.59 Å². The molecule has 21 heavy (non-hydrogen) atoms. The average molecular weight is 288 g/mol. The molecule has 1 fully saturated rings. The Labute approximate surface area is 123 Å². The van der Waals surface area contributed by atoms with Gasteiger partial charge in [-0.25, -0.2) is 0 Å². The van der Waals surface area contributed by atoms with Gasteiger partial charge in [-0.05, 0) is 49.4 Å². The average Bonchev–Trinajstić information content (AvgIpc) is 3.15. The lowest BCUT2D eigenvalue weighted by molar-refractivity contribution is -0.145. The van der Waals surface area contributed by atoms with Crippen molar-refractivity contribution in [1.29, 1.82) is 0 Å². The fraction of sp³-hybridized carbons (Fsp3) is 0.500. The van der Waals surface area contributed by atoms with Crippen molar-refractivity contribution in [2.75, 3.05) is 11.9 Å². The molecule has 2 aliphatic carbocycles. The van der Waals surface area contributed by atoms with Crippen LogP contribution in [0.1, 0.15) is 24.5 Å². The molecule has 5 heteroatoms. The molecular formula is C16H20N2O3. The topological polar surface area (TPSA) is 81.4 Å². The van der Waals surface area contributed by atoms with Crippen LogP contribution < -0.4 is 11.1 Å². The molecule has 3 atom stereocenters. The Morgan fingerprint density at radius 1 is 1.29 bits per heavy atom. The normalized spacial score (nSPS) is 26.1. The van der Waals surface area contributed by atoms with Gasteiger partial charge in [-0.2, -0.15) is 0 Å². The van der Waals surface area contributed by atoms with Crippen molar-refractivity contribution in [3.63, 3.8) is 0 Å². The second-order valence-corrected chi connectivity index (χ2v) is 5.84. The van der Waals surface area contributed by atoms with E-state index in [9.17, 15) is 9.59 Å². The Bertz CT molecular complexity index is 585. The Hall–Kier alpha value is -1.88. The lowest BCUT2D eigenvalue weighted by Crippen LogP contribution is -2.19. The number of esters is 1. The second kappa shape index (κ2) is 5.48. The van der Waals surface area contributed by atoms with Crippen LogP contribution in [0.5, 0.6) is 0 Å². The number of amides is 1. The first kappa shape index (κ1) is 14.1. The van der Waals surface area contributed by atoms with E-state index in [0.717, 1.165) is 18.5 Å². The molecule has 0 saturated heterocycles. The Kier molecular flexibility index (Phi) is 3.68. The van der Waals surface area contributed by atoms with Gasteiger partial charge in [0, 0.05) is 11.7 Å². The number of nitrogens with one attached hydrogen (secondary N) is 1. The maximum Gasteiger partial charge on any atom is 0.309 e. The zero-order chi connectivity index (χ0) is 15.0. The van der Waals surface area contributed by atoms with E-state index in [-0.39, 0.29) is 29.8 Å². The second-order valence-electron chi connectivity index (χ2n) is 5.84. The fourth-order valence-electron chi connectivity index (χ4n) is 2.96. The zero-order valence-corrected chi connectivity index (χ0v) is 12.1.